The van der Waals surface area contributed by atoms with E-state index in [0.717, 1.165) is 22.3 Å². The number of hydrogen-bond acceptors (Lipinski definition) is 5. The van der Waals surface area contributed by atoms with Crippen LogP contribution in [-0.2, 0) is 14.3 Å². The third kappa shape index (κ3) is 8.46. The molecule has 3 rings (SSSR count). The molecule has 10 nitrogen and oxygen atoms in total. The van der Waals surface area contributed by atoms with Crippen molar-refractivity contribution >= 4 is 23.9 Å². The van der Waals surface area contributed by atoms with Gasteiger partial charge in [-0.05, 0) is 60.8 Å². The summed E-state index contributed by atoms with van der Waals surface area (Å²) in [6.45, 7) is 7.01. The lowest BCUT2D eigenvalue weighted by molar-refractivity contribution is -0.142. The number of unbranched alkanes of at least 4 members (excludes halogenated alkanes) is 1. The van der Waals surface area contributed by atoms with Crippen molar-refractivity contribution in [1.82, 2.24) is 16.0 Å². The van der Waals surface area contributed by atoms with E-state index in [4.69, 9.17) is 10.5 Å². The first kappa shape index (κ1) is 30.5. The second-order valence-electron chi connectivity index (χ2n) is 10.3. The Hall–Kier alpha value is -4.08. The maximum absolute atomic E-state index is 13.1. The summed E-state index contributed by atoms with van der Waals surface area (Å²) in [5, 5.41) is 17.8. The Morgan fingerprint density at radius 1 is 0.975 bits per heavy atom. The van der Waals surface area contributed by atoms with Crippen molar-refractivity contribution in [3.63, 3.8) is 0 Å². The highest BCUT2D eigenvalue weighted by atomic mass is 16.5. The van der Waals surface area contributed by atoms with Gasteiger partial charge in [0.25, 0.3) is 0 Å². The number of carbonyl (C=O) groups is 3. The fourth-order valence-electron chi connectivity index (χ4n) is 4.91. The van der Waals surface area contributed by atoms with Crippen LogP contribution in [0.4, 0.5) is 4.79 Å². The highest BCUT2D eigenvalue weighted by Crippen LogP contribution is 2.44. The van der Waals surface area contributed by atoms with Gasteiger partial charge in [-0.3, -0.25) is 9.79 Å². The minimum absolute atomic E-state index is 0.0768. The number of amides is 2. The average molecular weight is 552 g/mol. The maximum atomic E-state index is 13.1. The largest absolute Gasteiger partial charge is 0.480 e. The van der Waals surface area contributed by atoms with Gasteiger partial charge >= 0.3 is 12.1 Å². The first-order valence-corrected chi connectivity index (χ1v) is 13.9. The molecule has 0 bridgehead atoms. The Morgan fingerprint density at radius 2 is 1.60 bits per heavy atom. The van der Waals surface area contributed by atoms with Crippen molar-refractivity contribution in [2.75, 3.05) is 19.7 Å². The maximum Gasteiger partial charge on any atom is 0.407 e. The van der Waals surface area contributed by atoms with Crippen LogP contribution >= 0.6 is 0 Å². The fourth-order valence-corrected chi connectivity index (χ4v) is 4.91. The lowest BCUT2D eigenvalue weighted by Crippen LogP contribution is -2.52. The van der Waals surface area contributed by atoms with Gasteiger partial charge in [0.15, 0.2) is 5.96 Å². The minimum atomic E-state index is -1.13. The molecule has 0 radical (unpaired) electrons. The summed E-state index contributed by atoms with van der Waals surface area (Å²) in [5.74, 6) is -1.36. The molecule has 2 aromatic carbocycles. The normalized spacial score (nSPS) is 14.2. The Labute approximate surface area is 235 Å². The topological polar surface area (TPSA) is 155 Å². The van der Waals surface area contributed by atoms with E-state index in [2.05, 4.69) is 33.1 Å². The zero-order valence-corrected chi connectivity index (χ0v) is 23.5. The smallest absolute Gasteiger partial charge is 0.407 e. The summed E-state index contributed by atoms with van der Waals surface area (Å²) in [4.78, 5) is 41.9. The van der Waals surface area contributed by atoms with Gasteiger partial charge in [0.05, 0.1) is 0 Å². The van der Waals surface area contributed by atoms with Crippen molar-refractivity contribution in [2.24, 2.45) is 16.6 Å². The van der Waals surface area contributed by atoms with Crippen LogP contribution in [0.2, 0.25) is 0 Å². The fraction of sp³-hybridized carbons (Fsp3) is 0.467. The number of fused-ring (bicyclic) bond motifs is 3. The molecule has 0 saturated carbocycles. The number of carboxylic acids is 1. The summed E-state index contributed by atoms with van der Waals surface area (Å²) < 4.78 is 5.61. The van der Waals surface area contributed by atoms with Gasteiger partial charge in [-0.25, -0.2) is 9.59 Å². The van der Waals surface area contributed by atoms with Crippen LogP contribution in [0.15, 0.2) is 53.5 Å². The highest BCUT2D eigenvalue weighted by molar-refractivity contribution is 5.89. The molecule has 0 aliphatic heterocycles. The number of hydrogen-bond donors (Lipinski definition) is 5. The number of rotatable bonds is 14. The van der Waals surface area contributed by atoms with Gasteiger partial charge in [-0.1, -0.05) is 62.4 Å². The zero-order valence-electron chi connectivity index (χ0n) is 23.5. The van der Waals surface area contributed by atoms with Crippen LogP contribution in [0.5, 0.6) is 0 Å². The number of nitrogens with one attached hydrogen (secondary N) is 3. The van der Waals surface area contributed by atoms with E-state index in [1.807, 2.05) is 57.2 Å². The summed E-state index contributed by atoms with van der Waals surface area (Å²) in [7, 11) is 0. The number of carbonyl (C=O) groups excluding carboxylic acids is 2. The molecule has 1 aliphatic carbocycles. The Bertz CT molecular complexity index is 1150. The molecule has 0 unspecified atom stereocenters. The number of nitrogens with two attached hydrogens (primary N) is 1. The number of alkyl carbamates (subject to hydrolysis) is 1. The molecule has 0 heterocycles. The predicted molar refractivity (Wildman–Crippen MR) is 155 cm³/mol. The molecule has 1 aliphatic rings. The number of ether oxygens (including phenoxy) is 1. The second-order valence-corrected chi connectivity index (χ2v) is 10.3. The second kappa shape index (κ2) is 14.9. The molecule has 2 atom stereocenters. The minimum Gasteiger partial charge on any atom is -0.480 e. The highest BCUT2D eigenvalue weighted by Gasteiger charge is 2.31. The molecule has 10 heteroatoms. The summed E-state index contributed by atoms with van der Waals surface area (Å²) in [6.07, 6.45) is 1.01. The van der Waals surface area contributed by atoms with Gasteiger partial charge in [0.1, 0.15) is 18.7 Å². The molecule has 0 spiro atoms. The first-order chi connectivity index (χ1) is 19.2. The number of aliphatic imine (C=N–C) groups is 1. The van der Waals surface area contributed by atoms with Crippen LogP contribution in [0.1, 0.15) is 63.5 Å². The third-order valence-corrected chi connectivity index (χ3v) is 6.81. The van der Waals surface area contributed by atoms with E-state index in [1.54, 1.807) is 0 Å². The van der Waals surface area contributed by atoms with Crippen molar-refractivity contribution in [3.05, 3.63) is 59.7 Å². The molecule has 2 amide bonds. The predicted octanol–water partition coefficient (Wildman–Crippen LogP) is 3.60. The van der Waals surface area contributed by atoms with Gasteiger partial charge in [-0.2, -0.15) is 0 Å². The molecule has 2 aromatic rings. The number of benzene rings is 2. The standard InChI is InChI=1S/C30H41N5O5/c1-4-32-29(31)33-16-10-9-15-25(28(37)38)34-27(36)26(17-19(2)3)35-30(39)40-18-24-22-13-7-5-11-20(22)21-12-6-8-14-23(21)24/h5-8,11-14,19,24-26H,4,9-10,15-18H2,1-3H3,(H,34,36)(H,35,39)(H,37,38)(H3,31,32,33)/t25-,26-/m0/s1. The van der Waals surface area contributed by atoms with Crippen molar-refractivity contribution in [1.29, 1.82) is 0 Å². The molecule has 40 heavy (non-hydrogen) atoms. The van der Waals surface area contributed by atoms with E-state index >= 15 is 0 Å². The molecular weight excluding hydrogens is 510 g/mol. The van der Waals surface area contributed by atoms with E-state index < -0.39 is 30.1 Å². The summed E-state index contributed by atoms with van der Waals surface area (Å²) >= 11 is 0. The Kier molecular flexibility index (Phi) is 11.4. The van der Waals surface area contributed by atoms with Crippen molar-refractivity contribution in [3.8, 4) is 11.1 Å². The summed E-state index contributed by atoms with van der Waals surface area (Å²) in [5.41, 5.74) is 10.1. The molecular formula is C30H41N5O5. The van der Waals surface area contributed by atoms with Gasteiger partial charge in [0.2, 0.25) is 5.91 Å². The Morgan fingerprint density at radius 3 is 2.17 bits per heavy atom. The SMILES string of the molecule is CCNC(N)=NCCCC[C@H](NC(=O)[C@H](CC(C)C)NC(=O)OCC1c2ccccc2-c2ccccc21)C(=O)O. The zero-order chi connectivity index (χ0) is 29.1. The Balaban J connectivity index is 1.56. The van der Waals surface area contributed by atoms with Crippen LogP contribution in [-0.4, -0.2) is 60.8 Å². The lowest BCUT2D eigenvalue weighted by Gasteiger charge is -2.23. The molecule has 216 valence electrons. The number of aliphatic carboxylic acids is 1. The van der Waals surface area contributed by atoms with Gasteiger partial charge < -0.3 is 31.5 Å². The molecule has 0 saturated heterocycles. The number of nitrogens with zero attached hydrogens (tertiary/aromatic N) is 1. The molecule has 0 aromatic heterocycles. The van der Waals surface area contributed by atoms with E-state index in [-0.39, 0.29) is 24.9 Å². The quantitative estimate of drug-likeness (QED) is 0.136. The van der Waals surface area contributed by atoms with Gasteiger partial charge in [0, 0.05) is 19.0 Å². The van der Waals surface area contributed by atoms with E-state index in [0.29, 0.717) is 38.3 Å². The average Bonchev–Trinajstić information content (AvgIpc) is 3.24. The third-order valence-electron chi connectivity index (χ3n) is 6.81. The van der Waals surface area contributed by atoms with Crippen LogP contribution in [0.25, 0.3) is 11.1 Å². The number of carboxylic acid groups (broad SMARTS) is 1. The van der Waals surface area contributed by atoms with Crippen LogP contribution in [0.3, 0.4) is 0 Å². The first-order valence-electron chi connectivity index (χ1n) is 13.9. The van der Waals surface area contributed by atoms with Gasteiger partial charge in [-0.15, -0.1) is 0 Å². The van der Waals surface area contributed by atoms with Crippen LogP contribution < -0.4 is 21.7 Å². The van der Waals surface area contributed by atoms with E-state index in [1.165, 1.54) is 0 Å². The van der Waals surface area contributed by atoms with Crippen LogP contribution in [0, 0.1) is 5.92 Å². The number of guanidine groups is 1. The van der Waals surface area contributed by atoms with E-state index in [9.17, 15) is 19.5 Å². The lowest BCUT2D eigenvalue weighted by atomic mass is 9.98. The summed E-state index contributed by atoms with van der Waals surface area (Å²) in [6, 6.07) is 14.1. The molecule has 6 N–H and O–H groups in total. The monoisotopic (exact) mass is 551 g/mol. The van der Waals surface area contributed by atoms with Crippen molar-refractivity contribution in [2.45, 2.75) is 64.5 Å². The van der Waals surface area contributed by atoms with Crippen molar-refractivity contribution < 1.29 is 24.2 Å². The molecule has 0 fully saturated rings.